The average Bonchev–Trinajstić information content (AvgIpc) is 3.49. The second-order valence-corrected chi connectivity index (χ2v) is 8.31. The zero-order chi connectivity index (χ0) is 22.8. The molecule has 164 valence electrons. The van der Waals surface area contributed by atoms with E-state index in [0.29, 0.717) is 17.4 Å². The maximum atomic E-state index is 13.0. The summed E-state index contributed by atoms with van der Waals surface area (Å²) in [6.45, 7) is 0.609. The summed E-state index contributed by atoms with van der Waals surface area (Å²) < 4.78 is 1.35. The van der Waals surface area contributed by atoms with Gasteiger partial charge in [-0.25, -0.2) is 4.79 Å². The summed E-state index contributed by atoms with van der Waals surface area (Å²) in [7, 11) is 0. The predicted molar refractivity (Wildman–Crippen MR) is 123 cm³/mol. The van der Waals surface area contributed by atoms with Gasteiger partial charge in [0.2, 0.25) is 11.1 Å². The number of thioether (sulfide) groups is 1. The number of nitrogens with zero attached hydrogens (tertiary/aromatic N) is 6. The van der Waals surface area contributed by atoms with Crippen molar-refractivity contribution in [3.63, 3.8) is 0 Å². The summed E-state index contributed by atoms with van der Waals surface area (Å²) >= 11 is 1.17. The first-order valence-electron chi connectivity index (χ1n) is 10.2. The number of anilines is 1. The van der Waals surface area contributed by atoms with Gasteiger partial charge in [0.15, 0.2) is 0 Å². The van der Waals surface area contributed by atoms with Crippen molar-refractivity contribution < 1.29 is 14.7 Å². The number of para-hydroxylation sites is 1. The van der Waals surface area contributed by atoms with Crippen LogP contribution in [0.1, 0.15) is 15.9 Å². The Balaban J connectivity index is 1.32. The topological polar surface area (TPSA) is 114 Å². The lowest BCUT2D eigenvalue weighted by Crippen LogP contribution is -2.30. The highest BCUT2D eigenvalue weighted by Crippen LogP contribution is 2.33. The minimum absolute atomic E-state index is 0.0612. The number of fused-ring (bicyclic) bond motifs is 1. The highest BCUT2D eigenvalue weighted by molar-refractivity contribution is 7.99. The quantitative estimate of drug-likeness (QED) is 0.439. The number of rotatable bonds is 6. The number of amides is 1. The van der Waals surface area contributed by atoms with Gasteiger partial charge in [0, 0.05) is 24.6 Å². The molecule has 0 aliphatic carbocycles. The lowest BCUT2D eigenvalue weighted by molar-refractivity contribution is -0.116. The fourth-order valence-electron chi connectivity index (χ4n) is 3.84. The number of carboxylic acids is 1. The molecule has 0 atom stereocenters. The Morgan fingerprint density at radius 2 is 1.91 bits per heavy atom. The number of aromatic nitrogens is 5. The number of pyridine rings is 1. The molecule has 0 spiro atoms. The molecule has 0 fully saturated rings. The van der Waals surface area contributed by atoms with Crippen LogP contribution < -0.4 is 4.90 Å². The van der Waals surface area contributed by atoms with E-state index in [9.17, 15) is 14.7 Å². The van der Waals surface area contributed by atoms with Crippen LogP contribution in [0.3, 0.4) is 0 Å². The summed E-state index contributed by atoms with van der Waals surface area (Å²) in [5, 5.41) is 21.4. The van der Waals surface area contributed by atoms with Crippen molar-refractivity contribution in [1.82, 2.24) is 25.2 Å². The second-order valence-electron chi connectivity index (χ2n) is 7.36. The molecule has 3 heterocycles. The second kappa shape index (κ2) is 8.83. The van der Waals surface area contributed by atoms with Crippen molar-refractivity contribution in [2.75, 3.05) is 17.2 Å². The van der Waals surface area contributed by atoms with E-state index in [-0.39, 0.29) is 17.2 Å². The summed E-state index contributed by atoms with van der Waals surface area (Å²) in [5.74, 6) is -1.01. The van der Waals surface area contributed by atoms with Crippen LogP contribution in [-0.4, -0.2) is 54.5 Å². The fraction of sp³-hybridized carbons (Fsp3) is 0.130. The lowest BCUT2D eigenvalue weighted by atomic mass is 10.0. The molecule has 2 aromatic heterocycles. The monoisotopic (exact) mass is 458 g/mol. The van der Waals surface area contributed by atoms with Gasteiger partial charge >= 0.3 is 5.97 Å². The zero-order valence-electron chi connectivity index (χ0n) is 17.3. The van der Waals surface area contributed by atoms with Crippen LogP contribution in [-0.2, 0) is 11.2 Å². The van der Waals surface area contributed by atoms with E-state index in [0.717, 1.165) is 28.8 Å². The molecule has 0 saturated carbocycles. The smallest absolute Gasteiger partial charge is 0.337 e. The Labute approximate surface area is 193 Å². The minimum atomic E-state index is -1.08. The lowest BCUT2D eigenvalue weighted by Gasteiger charge is -2.17. The maximum absolute atomic E-state index is 13.0. The van der Waals surface area contributed by atoms with Gasteiger partial charge in [-0.1, -0.05) is 36.0 Å². The Hall–Kier alpha value is -4.05. The number of carbonyl (C=O) groups excluding carboxylic acids is 1. The number of carbonyl (C=O) groups is 2. The third-order valence-electron chi connectivity index (χ3n) is 5.40. The van der Waals surface area contributed by atoms with Crippen LogP contribution in [0, 0.1) is 0 Å². The molecule has 10 heteroatoms. The molecule has 9 nitrogen and oxygen atoms in total. The summed E-state index contributed by atoms with van der Waals surface area (Å²) in [6.07, 6.45) is 4.35. The first kappa shape index (κ1) is 20.8. The van der Waals surface area contributed by atoms with E-state index in [4.69, 9.17) is 0 Å². The molecule has 1 aliphatic heterocycles. The minimum Gasteiger partial charge on any atom is -0.478 e. The van der Waals surface area contributed by atoms with Gasteiger partial charge < -0.3 is 10.0 Å². The highest BCUT2D eigenvalue weighted by atomic mass is 32.2. The van der Waals surface area contributed by atoms with E-state index in [1.54, 1.807) is 29.3 Å². The van der Waals surface area contributed by atoms with Crippen molar-refractivity contribution in [2.45, 2.75) is 11.6 Å². The number of tetrazole rings is 1. The standard InChI is InChI=1S/C23H18N6O3S/c30-21(14-33-23-25-26-27-29(23)20-6-2-1-5-18(20)22(31)32)28-11-9-16-12-15(7-8-19(16)28)17-4-3-10-24-13-17/h1-8,10,12-13H,9,11,14H2,(H,31,32). The van der Waals surface area contributed by atoms with Crippen LogP contribution in [0.4, 0.5) is 5.69 Å². The Kier molecular flexibility index (Phi) is 5.57. The third kappa shape index (κ3) is 4.08. The van der Waals surface area contributed by atoms with Gasteiger partial charge in [0.25, 0.3) is 0 Å². The molecule has 1 N–H and O–H groups in total. The van der Waals surface area contributed by atoms with E-state index in [1.807, 2.05) is 30.5 Å². The van der Waals surface area contributed by atoms with Gasteiger partial charge in [-0.05, 0) is 63.9 Å². The molecule has 0 unspecified atom stereocenters. The molecule has 0 saturated heterocycles. The maximum Gasteiger partial charge on any atom is 0.337 e. The summed E-state index contributed by atoms with van der Waals surface area (Å²) in [4.78, 5) is 30.5. The van der Waals surface area contributed by atoms with Gasteiger partial charge in [-0.2, -0.15) is 4.68 Å². The number of hydrogen-bond donors (Lipinski definition) is 1. The van der Waals surface area contributed by atoms with Crippen molar-refractivity contribution in [3.05, 3.63) is 78.1 Å². The molecule has 1 amide bonds. The number of carboxylic acid groups (broad SMARTS) is 1. The third-order valence-corrected chi connectivity index (χ3v) is 6.30. The molecule has 33 heavy (non-hydrogen) atoms. The van der Waals surface area contributed by atoms with Gasteiger partial charge in [-0.3, -0.25) is 9.78 Å². The molecule has 0 bridgehead atoms. The summed E-state index contributed by atoms with van der Waals surface area (Å²) in [5.41, 5.74) is 4.56. The fourth-order valence-corrected chi connectivity index (χ4v) is 4.60. The zero-order valence-corrected chi connectivity index (χ0v) is 18.1. The Morgan fingerprint density at radius 3 is 2.73 bits per heavy atom. The molecule has 2 aromatic carbocycles. The van der Waals surface area contributed by atoms with Crippen LogP contribution in [0.15, 0.2) is 72.1 Å². The molecular weight excluding hydrogens is 440 g/mol. The summed E-state index contributed by atoms with van der Waals surface area (Å²) in [6, 6.07) is 16.5. The van der Waals surface area contributed by atoms with E-state index >= 15 is 0 Å². The number of hydrogen-bond acceptors (Lipinski definition) is 7. The molecule has 0 radical (unpaired) electrons. The van der Waals surface area contributed by atoms with Crippen molar-refractivity contribution >= 4 is 29.3 Å². The molecule has 5 rings (SSSR count). The number of benzene rings is 2. The van der Waals surface area contributed by atoms with Crippen molar-refractivity contribution in [3.8, 4) is 16.8 Å². The van der Waals surface area contributed by atoms with Crippen LogP contribution in [0.5, 0.6) is 0 Å². The Bertz CT molecular complexity index is 1340. The van der Waals surface area contributed by atoms with Gasteiger partial charge in [0.1, 0.15) is 0 Å². The first-order chi connectivity index (χ1) is 16.1. The van der Waals surface area contributed by atoms with Crippen LogP contribution in [0.25, 0.3) is 16.8 Å². The van der Waals surface area contributed by atoms with E-state index < -0.39 is 5.97 Å². The predicted octanol–water partition coefficient (Wildman–Crippen LogP) is 3.10. The van der Waals surface area contributed by atoms with E-state index in [1.165, 1.54) is 22.5 Å². The van der Waals surface area contributed by atoms with Gasteiger partial charge in [0.05, 0.1) is 17.0 Å². The first-order valence-corrected chi connectivity index (χ1v) is 11.2. The average molecular weight is 459 g/mol. The normalized spacial score (nSPS) is 12.5. The van der Waals surface area contributed by atoms with Crippen molar-refractivity contribution in [1.29, 1.82) is 0 Å². The van der Waals surface area contributed by atoms with Gasteiger partial charge in [-0.15, -0.1) is 5.10 Å². The molecule has 4 aromatic rings. The molecule has 1 aliphatic rings. The molecular formula is C23H18N6O3S. The SMILES string of the molecule is O=C(O)c1ccccc1-n1nnnc1SCC(=O)N1CCc2cc(-c3cccnc3)ccc21. The van der Waals surface area contributed by atoms with Crippen LogP contribution >= 0.6 is 11.8 Å². The number of aromatic carboxylic acids is 1. The van der Waals surface area contributed by atoms with Crippen molar-refractivity contribution in [2.24, 2.45) is 0 Å². The highest BCUT2D eigenvalue weighted by Gasteiger charge is 2.26. The van der Waals surface area contributed by atoms with E-state index in [2.05, 4.69) is 26.6 Å². The Morgan fingerprint density at radius 1 is 1.03 bits per heavy atom. The largest absolute Gasteiger partial charge is 0.478 e. The van der Waals surface area contributed by atoms with Crippen LogP contribution in [0.2, 0.25) is 0 Å².